The summed E-state index contributed by atoms with van der Waals surface area (Å²) >= 11 is 0. The third kappa shape index (κ3) is 3.93. The van der Waals surface area contributed by atoms with E-state index >= 15 is 0 Å². The van der Waals surface area contributed by atoms with Gasteiger partial charge in [0.05, 0.1) is 5.60 Å². The van der Waals surface area contributed by atoms with Crippen LogP contribution >= 0.6 is 0 Å². The SMILES string of the molecule is CCC1CCCN(CCC2CCCC2(O)CN)CC1. The zero-order valence-corrected chi connectivity index (χ0v) is 12.6. The van der Waals surface area contributed by atoms with E-state index in [2.05, 4.69) is 11.8 Å². The third-order valence-corrected chi connectivity index (χ3v) is 5.59. The summed E-state index contributed by atoms with van der Waals surface area (Å²) in [6.45, 7) is 6.43. The predicted molar refractivity (Wildman–Crippen MR) is 80.0 cm³/mol. The quantitative estimate of drug-likeness (QED) is 0.805. The van der Waals surface area contributed by atoms with E-state index in [0.717, 1.165) is 31.7 Å². The molecule has 0 amide bonds. The lowest BCUT2D eigenvalue weighted by Gasteiger charge is -2.30. The topological polar surface area (TPSA) is 49.5 Å². The number of rotatable bonds is 5. The fourth-order valence-electron chi connectivity index (χ4n) is 4.00. The molecule has 0 aromatic carbocycles. The van der Waals surface area contributed by atoms with Crippen molar-refractivity contribution >= 4 is 0 Å². The molecule has 3 heteroatoms. The van der Waals surface area contributed by atoms with Crippen LogP contribution in [0.5, 0.6) is 0 Å². The number of aliphatic hydroxyl groups is 1. The van der Waals surface area contributed by atoms with Crippen LogP contribution in [0.25, 0.3) is 0 Å². The molecule has 2 rings (SSSR count). The van der Waals surface area contributed by atoms with E-state index in [4.69, 9.17) is 5.73 Å². The standard InChI is InChI=1S/C16H32N2O/c1-2-14-5-4-10-18(11-7-14)12-8-15-6-3-9-16(15,19)13-17/h14-15,19H,2-13,17H2,1H3. The van der Waals surface area contributed by atoms with Gasteiger partial charge in [-0.25, -0.2) is 0 Å². The molecular weight excluding hydrogens is 236 g/mol. The molecule has 3 nitrogen and oxygen atoms in total. The van der Waals surface area contributed by atoms with Crippen LogP contribution in [0.4, 0.5) is 0 Å². The molecule has 1 heterocycles. The number of likely N-dealkylation sites (tertiary alicyclic amines) is 1. The van der Waals surface area contributed by atoms with Gasteiger partial charge in [-0.05, 0) is 70.0 Å². The first-order valence-corrected chi connectivity index (χ1v) is 8.32. The minimum atomic E-state index is -0.558. The zero-order valence-electron chi connectivity index (χ0n) is 12.6. The fourth-order valence-corrected chi connectivity index (χ4v) is 4.00. The van der Waals surface area contributed by atoms with Gasteiger partial charge in [0, 0.05) is 6.54 Å². The number of nitrogens with two attached hydrogens (primary N) is 1. The predicted octanol–water partition coefficient (Wildman–Crippen LogP) is 2.38. The summed E-state index contributed by atoms with van der Waals surface area (Å²) in [5, 5.41) is 10.5. The van der Waals surface area contributed by atoms with Crippen molar-refractivity contribution in [2.24, 2.45) is 17.6 Å². The summed E-state index contributed by atoms with van der Waals surface area (Å²) in [6.07, 6.45) is 9.81. The van der Waals surface area contributed by atoms with Gasteiger partial charge in [0.25, 0.3) is 0 Å². The van der Waals surface area contributed by atoms with E-state index in [1.165, 1.54) is 45.2 Å². The molecule has 3 atom stereocenters. The van der Waals surface area contributed by atoms with Gasteiger partial charge in [-0.2, -0.15) is 0 Å². The maximum Gasteiger partial charge on any atom is 0.0797 e. The summed E-state index contributed by atoms with van der Waals surface area (Å²) in [7, 11) is 0. The van der Waals surface area contributed by atoms with E-state index in [0.29, 0.717) is 12.5 Å². The minimum Gasteiger partial charge on any atom is -0.388 e. The van der Waals surface area contributed by atoms with Gasteiger partial charge in [-0.3, -0.25) is 0 Å². The number of hydrogen-bond donors (Lipinski definition) is 2. The third-order valence-electron chi connectivity index (χ3n) is 5.59. The average Bonchev–Trinajstić information content (AvgIpc) is 2.66. The highest BCUT2D eigenvalue weighted by Crippen LogP contribution is 2.37. The largest absolute Gasteiger partial charge is 0.388 e. The van der Waals surface area contributed by atoms with Crippen molar-refractivity contribution in [1.29, 1.82) is 0 Å². The smallest absolute Gasteiger partial charge is 0.0797 e. The molecule has 3 N–H and O–H groups in total. The maximum absolute atomic E-state index is 10.5. The average molecular weight is 268 g/mol. The van der Waals surface area contributed by atoms with Crippen molar-refractivity contribution in [2.45, 2.75) is 63.9 Å². The zero-order chi connectivity index (χ0) is 13.7. The normalized spacial score (nSPS) is 37.4. The number of nitrogens with zero attached hydrogens (tertiary/aromatic N) is 1. The van der Waals surface area contributed by atoms with Crippen molar-refractivity contribution in [3.63, 3.8) is 0 Å². The van der Waals surface area contributed by atoms with E-state index in [1.54, 1.807) is 0 Å². The van der Waals surface area contributed by atoms with Crippen molar-refractivity contribution in [3.05, 3.63) is 0 Å². The molecule has 1 saturated carbocycles. The monoisotopic (exact) mass is 268 g/mol. The Labute approximate surface area is 118 Å². The molecule has 2 fully saturated rings. The molecule has 0 spiro atoms. The molecule has 1 saturated heterocycles. The maximum atomic E-state index is 10.5. The van der Waals surface area contributed by atoms with Gasteiger partial charge in [0.2, 0.25) is 0 Å². The van der Waals surface area contributed by atoms with Crippen molar-refractivity contribution in [3.8, 4) is 0 Å². The molecule has 0 bridgehead atoms. The van der Waals surface area contributed by atoms with Crippen LogP contribution in [0.1, 0.15) is 58.3 Å². The van der Waals surface area contributed by atoms with Crippen molar-refractivity contribution < 1.29 is 5.11 Å². The first-order chi connectivity index (χ1) is 9.18. The first-order valence-electron chi connectivity index (χ1n) is 8.32. The van der Waals surface area contributed by atoms with Gasteiger partial charge in [0.1, 0.15) is 0 Å². The van der Waals surface area contributed by atoms with Crippen LogP contribution in [0, 0.1) is 11.8 Å². The van der Waals surface area contributed by atoms with Crippen LogP contribution in [-0.4, -0.2) is 41.8 Å². The highest BCUT2D eigenvalue weighted by Gasteiger charge is 2.39. The van der Waals surface area contributed by atoms with Crippen LogP contribution < -0.4 is 5.73 Å². The minimum absolute atomic E-state index is 0.433. The Hall–Kier alpha value is -0.120. The molecule has 112 valence electrons. The van der Waals surface area contributed by atoms with E-state index in [1.807, 2.05) is 0 Å². The van der Waals surface area contributed by atoms with Gasteiger partial charge < -0.3 is 15.7 Å². The van der Waals surface area contributed by atoms with Crippen LogP contribution in [0.15, 0.2) is 0 Å². The van der Waals surface area contributed by atoms with Gasteiger partial charge in [-0.15, -0.1) is 0 Å². The Balaban J connectivity index is 1.76. The Morgan fingerprint density at radius 3 is 2.79 bits per heavy atom. The molecule has 1 aliphatic carbocycles. The van der Waals surface area contributed by atoms with E-state index in [-0.39, 0.29) is 0 Å². The Bertz CT molecular complexity index is 271. The van der Waals surface area contributed by atoms with Crippen molar-refractivity contribution in [2.75, 3.05) is 26.2 Å². The lowest BCUT2D eigenvalue weighted by molar-refractivity contribution is 0.00464. The molecule has 0 aromatic rings. The van der Waals surface area contributed by atoms with Crippen LogP contribution in [0.2, 0.25) is 0 Å². The fraction of sp³-hybridized carbons (Fsp3) is 1.00. The Kier molecular flexibility index (Phi) is 5.67. The van der Waals surface area contributed by atoms with E-state index < -0.39 is 5.60 Å². The molecule has 1 aliphatic heterocycles. The van der Waals surface area contributed by atoms with Gasteiger partial charge >= 0.3 is 0 Å². The highest BCUT2D eigenvalue weighted by molar-refractivity contribution is 4.93. The lowest BCUT2D eigenvalue weighted by atomic mass is 9.88. The summed E-state index contributed by atoms with van der Waals surface area (Å²) < 4.78 is 0. The lowest BCUT2D eigenvalue weighted by Crippen LogP contribution is -2.42. The van der Waals surface area contributed by atoms with E-state index in [9.17, 15) is 5.11 Å². The van der Waals surface area contributed by atoms with Gasteiger partial charge in [-0.1, -0.05) is 19.8 Å². The molecule has 3 unspecified atom stereocenters. The molecular formula is C16H32N2O. The Morgan fingerprint density at radius 2 is 2.05 bits per heavy atom. The summed E-state index contributed by atoms with van der Waals surface area (Å²) in [4.78, 5) is 2.62. The summed E-state index contributed by atoms with van der Waals surface area (Å²) in [6, 6.07) is 0. The summed E-state index contributed by atoms with van der Waals surface area (Å²) in [5.41, 5.74) is 5.21. The van der Waals surface area contributed by atoms with Gasteiger partial charge in [0.15, 0.2) is 0 Å². The molecule has 0 radical (unpaired) electrons. The second kappa shape index (κ2) is 7.05. The Morgan fingerprint density at radius 1 is 1.21 bits per heavy atom. The van der Waals surface area contributed by atoms with Crippen molar-refractivity contribution in [1.82, 2.24) is 4.90 Å². The second-order valence-corrected chi connectivity index (χ2v) is 6.73. The molecule has 19 heavy (non-hydrogen) atoms. The molecule has 2 aliphatic rings. The highest BCUT2D eigenvalue weighted by atomic mass is 16.3. The second-order valence-electron chi connectivity index (χ2n) is 6.73. The molecule has 0 aromatic heterocycles. The van der Waals surface area contributed by atoms with Crippen LogP contribution in [0.3, 0.4) is 0 Å². The number of hydrogen-bond acceptors (Lipinski definition) is 3. The summed E-state index contributed by atoms with van der Waals surface area (Å²) in [5.74, 6) is 1.38. The van der Waals surface area contributed by atoms with Crippen LogP contribution in [-0.2, 0) is 0 Å². The first kappa shape index (κ1) is 15.3.